The van der Waals surface area contributed by atoms with Crippen LogP contribution in [0.4, 0.5) is 4.39 Å². The molecule has 0 aromatic heterocycles. The highest BCUT2D eigenvalue weighted by molar-refractivity contribution is 5.69. The van der Waals surface area contributed by atoms with Gasteiger partial charge in [-0.2, -0.15) is 0 Å². The van der Waals surface area contributed by atoms with Crippen LogP contribution in [-0.2, 0) is 4.79 Å². The van der Waals surface area contributed by atoms with E-state index in [9.17, 15) is 9.18 Å². The molecule has 1 atom stereocenters. The number of nitrogens with zero attached hydrogens (tertiary/aromatic N) is 1. The minimum Gasteiger partial charge on any atom is -0.427 e. The number of alkyl halides is 1. The third-order valence-electron chi connectivity index (χ3n) is 3.24. The van der Waals surface area contributed by atoms with Crippen molar-refractivity contribution in [2.45, 2.75) is 13.0 Å². The second kappa shape index (κ2) is 6.63. The maximum atomic E-state index is 13.4. The quantitative estimate of drug-likeness (QED) is 0.663. The second-order valence-corrected chi connectivity index (χ2v) is 4.62. The third kappa shape index (κ3) is 3.75. The topological polar surface area (TPSA) is 41.6 Å². The standard InChI is InChI=1S/C14H19FN2O2/c1-11(18)19-13-4-2-3-12(9-13)14(10-15)17-7-5-16-6-8-17/h2-4,9,14,16H,5-8,10H2,1H3/t14-/m0/s1. The fourth-order valence-electron chi connectivity index (χ4n) is 2.34. The molecule has 0 bridgehead atoms. The van der Waals surface area contributed by atoms with Gasteiger partial charge in [-0.05, 0) is 17.7 Å². The molecule has 1 saturated heterocycles. The number of esters is 1. The van der Waals surface area contributed by atoms with Crippen molar-refractivity contribution in [3.05, 3.63) is 29.8 Å². The van der Waals surface area contributed by atoms with Crippen LogP contribution < -0.4 is 10.1 Å². The lowest BCUT2D eigenvalue weighted by molar-refractivity contribution is -0.131. The van der Waals surface area contributed by atoms with Gasteiger partial charge in [-0.3, -0.25) is 9.69 Å². The minimum absolute atomic E-state index is 0.266. The van der Waals surface area contributed by atoms with Gasteiger partial charge in [-0.15, -0.1) is 0 Å². The molecular formula is C14H19FN2O2. The van der Waals surface area contributed by atoms with Gasteiger partial charge in [0.15, 0.2) is 0 Å². The van der Waals surface area contributed by atoms with Crippen LogP contribution in [0.1, 0.15) is 18.5 Å². The molecule has 19 heavy (non-hydrogen) atoms. The lowest BCUT2D eigenvalue weighted by Crippen LogP contribution is -2.45. The Balaban J connectivity index is 2.15. The lowest BCUT2D eigenvalue weighted by atomic mass is 10.1. The molecule has 1 fully saturated rings. The molecule has 0 amide bonds. The first-order valence-electron chi connectivity index (χ1n) is 6.50. The summed E-state index contributed by atoms with van der Waals surface area (Å²) in [5.74, 6) is 0.106. The highest BCUT2D eigenvalue weighted by Crippen LogP contribution is 2.25. The van der Waals surface area contributed by atoms with Crippen LogP contribution in [-0.4, -0.2) is 43.7 Å². The van der Waals surface area contributed by atoms with E-state index in [0.29, 0.717) is 5.75 Å². The van der Waals surface area contributed by atoms with Crippen molar-refractivity contribution in [3.63, 3.8) is 0 Å². The number of carbonyl (C=O) groups is 1. The van der Waals surface area contributed by atoms with Gasteiger partial charge in [0.25, 0.3) is 0 Å². The maximum Gasteiger partial charge on any atom is 0.308 e. The molecule has 0 saturated carbocycles. The number of rotatable bonds is 4. The predicted molar refractivity (Wildman–Crippen MR) is 70.9 cm³/mol. The first kappa shape index (κ1) is 14.0. The normalized spacial score (nSPS) is 18.0. The molecule has 4 nitrogen and oxygen atoms in total. The van der Waals surface area contributed by atoms with E-state index in [1.165, 1.54) is 6.92 Å². The summed E-state index contributed by atoms with van der Waals surface area (Å²) in [7, 11) is 0. The van der Waals surface area contributed by atoms with Crippen molar-refractivity contribution in [2.75, 3.05) is 32.9 Å². The van der Waals surface area contributed by atoms with Gasteiger partial charge in [-0.1, -0.05) is 12.1 Å². The summed E-state index contributed by atoms with van der Waals surface area (Å²) in [6, 6.07) is 6.85. The lowest BCUT2D eigenvalue weighted by Gasteiger charge is -2.33. The van der Waals surface area contributed by atoms with Crippen molar-refractivity contribution in [1.29, 1.82) is 0 Å². The molecule has 0 unspecified atom stereocenters. The summed E-state index contributed by atoms with van der Waals surface area (Å²) in [6.45, 7) is 4.32. The van der Waals surface area contributed by atoms with Gasteiger partial charge in [-0.25, -0.2) is 4.39 Å². The zero-order valence-corrected chi connectivity index (χ0v) is 11.1. The number of piperazine rings is 1. The minimum atomic E-state index is -0.441. The van der Waals surface area contributed by atoms with Gasteiger partial charge >= 0.3 is 5.97 Å². The predicted octanol–water partition coefficient (Wildman–Crippen LogP) is 1.53. The Hall–Kier alpha value is -1.46. The monoisotopic (exact) mass is 266 g/mol. The summed E-state index contributed by atoms with van der Waals surface area (Å²) in [5, 5.41) is 3.25. The fourth-order valence-corrected chi connectivity index (χ4v) is 2.34. The maximum absolute atomic E-state index is 13.4. The molecule has 5 heteroatoms. The average molecular weight is 266 g/mol. The van der Waals surface area contributed by atoms with Crippen LogP contribution in [0.5, 0.6) is 5.75 Å². The molecular weight excluding hydrogens is 247 g/mol. The van der Waals surface area contributed by atoms with E-state index in [4.69, 9.17) is 4.74 Å². The van der Waals surface area contributed by atoms with Crippen LogP contribution in [0.3, 0.4) is 0 Å². The number of hydrogen-bond acceptors (Lipinski definition) is 4. The van der Waals surface area contributed by atoms with Gasteiger partial charge in [0.05, 0.1) is 6.04 Å². The highest BCUT2D eigenvalue weighted by atomic mass is 19.1. The first-order chi connectivity index (χ1) is 9.20. The van der Waals surface area contributed by atoms with E-state index in [2.05, 4.69) is 10.2 Å². The second-order valence-electron chi connectivity index (χ2n) is 4.62. The molecule has 0 radical (unpaired) electrons. The zero-order valence-electron chi connectivity index (χ0n) is 11.1. The van der Waals surface area contributed by atoms with E-state index in [-0.39, 0.29) is 12.0 Å². The summed E-state index contributed by atoms with van der Waals surface area (Å²) < 4.78 is 18.4. The summed E-state index contributed by atoms with van der Waals surface area (Å²) in [4.78, 5) is 13.1. The van der Waals surface area contributed by atoms with E-state index in [1.807, 2.05) is 6.07 Å². The zero-order chi connectivity index (χ0) is 13.7. The van der Waals surface area contributed by atoms with Gasteiger partial charge in [0, 0.05) is 33.1 Å². The summed E-state index contributed by atoms with van der Waals surface area (Å²) in [6.07, 6.45) is 0. The number of carbonyl (C=O) groups excluding carboxylic acids is 1. The highest BCUT2D eigenvalue weighted by Gasteiger charge is 2.22. The number of halogens is 1. The third-order valence-corrected chi connectivity index (χ3v) is 3.24. The van der Waals surface area contributed by atoms with Crippen molar-refractivity contribution >= 4 is 5.97 Å². The number of ether oxygens (including phenoxy) is 1. The number of nitrogens with one attached hydrogen (secondary N) is 1. The molecule has 1 N–H and O–H groups in total. The smallest absolute Gasteiger partial charge is 0.308 e. The van der Waals surface area contributed by atoms with Crippen LogP contribution in [0.2, 0.25) is 0 Å². The van der Waals surface area contributed by atoms with Crippen molar-refractivity contribution < 1.29 is 13.9 Å². The van der Waals surface area contributed by atoms with Crippen LogP contribution >= 0.6 is 0 Å². The Morgan fingerprint density at radius 1 is 1.47 bits per heavy atom. The van der Waals surface area contributed by atoms with Crippen molar-refractivity contribution in [2.24, 2.45) is 0 Å². The number of benzene rings is 1. The Morgan fingerprint density at radius 2 is 2.21 bits per heavy atom. The van der Waals surface area contributed by atoms with Gasteiger partial charge < -0.3 is 10.1 Å². The Morgan fingerprint density at radius 3 is 2.84 bits per heavy atom. The largest absolute Gasteiger partial charge is 0.427 e. The van der Waals surface area contributed by atoms with E-state index >= 15 is 0 Å². The molecule has 0 spiro atoms. The SMILES string of the molecule is CC(=O)Oc1cccc([C@H](CF)N2CCNCC2)c1. The summed E-state index contributed by atoms with van der Waals surface area (Å²) >= 11 is 0. The molecule has 1 aliphatic rings. The molecule has 104 valence electrons. The van der Waals surface area contributed by atoms with Gasteiger partial charge in [0.2, 0.25) is 0 Å². The Bertz CT molecular complexity index is 433. The van der Waals surface area contributed by atoms with Crippen molar-refractivity contribution in [3.8, 4) is 5.75 Å². The molecule has 2 rings (SSSR count). The average Bonchev–Trinajstić information content (AvgIpc) is 2.40. The summed E-state index contributed by atoms with van der Waals surface area (Å²) in [5.41, 5.74) is 0.850. The van der Waals surface area contributed by atoms with Crippen molar-refractivity contribution in [1.82, 2.24) is 10.2 Å². The fraction of sp³-hybridized carbons (Fsp3) is 0.500. The molecule has 1 aliphatic heterocycles. The molecule has 1 aromatic rings. The van der Waals surface area contributed by atoms with Crippen LogP contribution in [0.15, 0.2) is 24.3 Å². The Kier molecular flexibility index (Phi) is 4.87. The van der Waals surface area contributed by atoms with Gasteiger partial charge in [0.1, 0.15) is 12.4 Å². The molecule has 0 aliphatic carbocycles. The molecule has 1 heterocycles. The number of hydrogen-bond donors (Lipinski definition) is 1. The van der Waals surface area contributed by atoms with Crippen LogP contribution in [0, 0.1) is 0 Å². The molecule has 1 aromatic carbocycles. The Labute approximate surface area is 112 Å². The first-order valence-corrected chi connectivity index (χ1v) is 6.50. The van der Waals surface area contributed by atoms with E-state index in [1.54, 1.807) is 18.2 Å². The van der Waals surface area contributed by atoms with E-state index in [0.717, 1.165) is 31.7 Å². The van der Waals surface area contributed by atoms with Crippen LogP contribution in [0.25, 0.3) is 0 Å². The van der Waals surface area contributed by atoms with E-state index < -0.39 is 6.67 Å².